The van der Waals surface area contributed by atoms with Gasteiger partial charge < -0.3 is 5.32 Å². The fourth-order valence-electron chi connectivity index (χ4n) is 2.12. The van der Waals surface area contributed by atoms with Crippen LogP contribution in [0.25, 0.3) is 0 Å². The summed E-state index contributed by atoms with van der Waals surface area (Å²) in [5, 5.41) is 3.32. The van der Waals surface area contributed by atoms with Crippen molar-refractivity contribution in [2.45, 2.75) is 13.3 Å². The number of carbonyl (C=O) groups is 1. The molecule has 0 aliphatic carbocycles. The van der Waals surface area contributed by atoms with Crippen LogP contribution >= 0.6 is 0 Å². The third-order valence-corrected chi connectivity index (χ3v) is 3.59. The predicted molar refractivity (Wildman–Crippen MR) is 84.5 cm³/mol. The van der Waals surface area contributed by atoms with Crippen molar-refractivity contribution in [2.75, 3.05) is 19.5 Å². The summed E-state index contributed by atoms with van der Waals surface area (Å²) in [5.74, 6) is -3.76. The molecule has 2 aromatic rings. The molecule has 2 aromatic carbocycles. The minimum absolute atomic E-state index is 0.0641. The number of carbonyl (C=O) groups excluding carboxylic acids is 1. The number of nitrogens with one attached hydrogen (secondary N) is 1. The van der Waals surface area contributed by atoms with Gasteiger partial charge in [-0.2, -0.15) is 0 Å². The molecule has 0 fully saturated rings. The highest BCUT2D eigenvalue weighted by molar-refractivity contribution is 5.99. The number of amides is 1. The van der Waals surface area contributed by atoms with Crippen molar-refractivity contribution in [2.24, 2.45) is 0 Å². The topological polar surface area (TPSA) is 41.6 Å². The number of hydrogen-bond acceptors (Lipinski definition) is 3. The van der Waals surface area contributed by atoms with Gasteiger partial charge >= 0.3 is 0 Å². The highest BCUT2D eigenvalue weighted by atomic mass is 19.2. The van der Waals surface area contributed by atoms with Gasteiger partial charge in [0, 0.05) is 7.05 Å². The Kier molecular flexibility index (Phi) is 5.46. The number of halogens is 3. The van der Waals surface area contributed by atoms with Crippen LogP contribution in [0.5, 0.6) is 0 Å². The van der Waals surface area contributed by atoms with Gasteiger partial charge in [0.05, 0.1) is 24.0 Å². The van der Waals surface area contributed by atoms with E-state index in [0.29, 0.717) is 6.42 Å². The molecule has 0 radical (unpaired) electrons. The van der Waals surface area contributed by atoms with Crippen LogP contribution < -0.4 is 5.32 Å². The molecule has 128 valence electrons. The van der Waals surface area contributed by atoms with Crippen LogP contribution in [0, 0.1) is 17.5 Å². The Bertz CT molecular complexity index is 766. The summed E-state index contributed by atoms with van der Waals surface area (Å²) in [6.45, 7) is 1.87. The fraction of sp³-hybridized carbons (Fsp3) is 0.235. The van der Waals surface area contributed by atoms with Crippen LogP contribution in [0.15, 0.2) is 30.3 Å². The van der Waals surface area contributed by atoms with Crippen molar-refractivity contribution in [3.8, 4) is 0 Å². The minimum atomic E-state index is -1.27. The Morgan fingerprint density at radius 1 is 1.17 bits per heavy atom. The van der Waals surface area contributed by atoms with Gasteiger partial charge in [0.25, 0.3) is 5.91 Å². The Balaban J connectivity index is 2.49. The van der Waals surface area contributed by atoms with E-state index < -0.39 is 29.0 Å². The van der Waals surface area contributed by atoms with Crippen LogP contribution in [0.3, 0.4) is 0 Å². The summed E-state index contributed by atoms with van der Waals surface area (Å²) in [6, 6.07) is 6.30. The van der Waals surface area contributed by atoms with E-state index in [1.165, 1.54) is 26.3 Å². The zero-order valence-corrected chi connectivity index (χ0v) is 13.5. The molecule has 0 aliphatic rings. The maximum Gasteiger partial charge on any atom is 0.279 e. The summed E-state index contributed by atoms with van der Waals surface area (Å²) in [6.07, 6.45) is 0.633. The van der Waals surface area contributed by atoms with Crippen molar-refractivity contribution in [3.63, 3.8) is 0 Å². The second-order valence-corrected chi connectivity index (χ2v) is 5.06. The highest BCUT2D eigenvalue weighted by Gasteiger charge is 2.22. The van der Waals surface area contributed by atoms with Crippen molar-refractivity contribution in [3.05, 3.63) is 58.9 Å². The summed E-state index contributed by atoms with van der Waals surface area (Å²) >= 11 is 0. The highest BCUT2D eigenvalue weighted by Crippen LogP contribution is 2.29. The van der Waals surface area contributed by atoms with E-state index in [1.807, 2.05) is 6.92 Å². The van der Waals surface area contributed by atoms with Gasteiger partial charge in [-0.05, 0) is 36.2 Å². The molecule has 0 aromatic heterocycles. The van der Waals surface area contributed by atoms with E-state index in [9.17, 15) is 18.0 Å². The normalized spacial score (nSPS) is 10.6. The van der Waals surface area contributed by atoms with E-state index in [0.717, 1.165) is 22.8 Å². The number of aryl methyl sites for hydroxylation is 1. The molecule has 0 atom stereocenters. The molecule has 4 nitrogen and oxygen atoms in total. The second kappa shape index (κ2) is 7.35. The molecule has 0 saturated heterocycles. The largest absolute Gasteiger partial charge is 0.350 e. The zero-order valence-electron chi connectivity index (χ0n) is 13.5. The molecule has 2 rings (SSSR count). The molecule has 7 heteroatoms. The molecule has 0 bridgehead atoms. The van der Waals surface area contributed by atoms with Crippen molar-refractivity contribution in [1.29, 1.82) is 0 Å². The van der Waals surface area contributed by atoms with Crippen LogP contribution in [-0.2, 0) is 11.3 Å². The molecule has 0 saturated carbocycles. The van der Waals surface area contributed by atoms with Gasteiger partial charge in [0.2, 0.25) is 0 Å². The van der Waals surface area contributed by atoms with Gasteiger partial charge in [0.1, 0.15) is 5.82 Å². The summed E-state index contributed by atoms with van der Waals surface area (Å²) in [4.78, 5) is 17.0. The summed E-state index contributed by atoms with van der Waals surface area (Å²) < 4.78 is 41.9. The quantitative estimate of drug-likeness (QED) is 0.837. The summed E-state index contributed by atoms with van der Waals surface area (Å²) in [5.41, 5.74) is 0.0586. The Labute approximate surface area is 137 Å². The van der Waals surface area contributed by atoms with Crippen molar-refractivity contribution >= 4 is 17.3 Å². The maximum absolute atomic E-state index is 14.2. The van der Waals surface area contributed by atoms with Crippen LogP contribution in [-0.4, -0.2) is 25.1 Å². The Morgan fingerprint density at radius 2 is 1.88 bits per heavy atom. The van der Waals surface area contributed by atoms with Crippen molar-refractivity contribution in [1.82, 2.24) is 5.06 Å². The number of hydrogen-bond donors (Lipinski definition) is 1. The standard InChI is InChI=1S/C17H17F3N2O2/c1-4-10-5-8-14(13(19)9-10)21-16-11(17(23)22(2)24-3)6-7-12(18)15(16)20/h5-9,21H,4H2,1-3H3. The number of rotatable bonds is 5. The van der Waals surface area contributed by atoms with Crippen LogP contribution in [0.1, 0.15) is 22.8 Å². The number of benzene rings is 2. The molecule has 1 N–H and O–H groups in total. The van der Waals surface area contributed by atoms with Crippen molar-refractivity contribution < 1.29 is 22.8 Å². The van der Waals surface area contributed by atoms with E-state index >= 15 is 0 Å². The lowest BCUT2D eigenvalue weighted by molar-refractivity contribution is -0.0756. The fourth-order valence-corrected chi connectivity index (χ4v) is 2.12. The second-order valence-electron chi connectivity index (χ2n) is 5.06. The van der Waals surface area contributed by atoms with E-state index in [-0.39, 0.29) is 11.3 Å². The number of anilines is 2. The first-order chi connectivity index (χ1) is 11.4. The molecule has 0 heterocycles. The summed E-state index contributed by atoms with van der Waals surface area (Å²) in [7, 11) is 2.58. The average Bonchev–Trinajstić information content (AvgIpc) is 2.59. The predicted octanol–water partition coefficient (Wildman–Crippen LogP) is 4.04. The third-order valence-electron chi connectivity index (χ3n) is 3.59. The minimum Gasteiger partial charge on any atom is -0.350 e. The average molecular weight is 338 g/mol. The van der Waals surface area contributed by atoms with E-state index in [4.69, 9.17) is 4.84 Å². The molecule has 0 aliphatic heterocycles. The van der Waals surface area contributed by atoms with Gasteiger partial charge in [-0.3, -0.25) is 9.63 Å². The van der Waals surface area contributed by atoms with Crippen LogP contribution in [0.2, 0.25) is 0 Å². The number of nitrogens with zero attached hydrogens (tertiary/aromatic N) is 1. The van der Waals surface area contributed by atoms with Gasteiger partial charge in [0.15, 0.2) is 11.6 Å². The van der Waals surface area contributed by atoms with Crippen LogP contribution in [0.4, 0.5) is 24.5 Å². The van der Waals surface area contributed by atoms with Gasteiger partial charge in [-0.25, -0.2) is 18.2 Å². The Morgan fingerprint density at radius 3 is 2.46 bits per heavy atom. The molecular weight excluding hydrogens is 321 g/mol. The maximum atomic E-state index is 14.2. The lowest BCUT2D eigenvalue weighted by atomic mass is 10.1. The number of hydroxylamine groups is 2. The molecule has 1 amide bonds. The SMILES string of the molecule is CCc1ccc(Nc2c(C(=O)N(C)OC)ccc(F)c2F)c(F)c1. The molecule has 0 spiro atoms. The first-order valence-electron chi connectivity index (χ1n) is 7.24. The molecular formula is C17H17F3N2O2. The first kappa shape index (κ1) is 17.8. The first-order valence-corrected chi connectivity index (χ1v) is 7.24. The molecule has 0 unspecified atom stereocenters. The third kappa shape index (κ3) is 3.51. The van der Waals surface area contributed by atoms with E-state index in [1.54, 1.807) is 6.07 Å². The van der Waals surface area contributed by atoms with E-state index in [2.05, 4.69) is 5.32 Å². The van der Waals surface area contributed by atoms with Gasteiger partial charge in [-0.1, -0.05) is 13.0 Å². The zero-order chi connectivity index (χ0) is 17.9. The molecule has 24 heavy (non-hydrogen) atoms. The smallest absolute Gasteiger partial charge is 0.279 e. The van der Waals surface area contributed by atoms with Gasteiger partial charge in [-0.15, -0.1) is 0 Å². The Hall–Kier alpha value is -2.54. The monoisotopic (exact) mass is 338 g/mol. The lowest BCUT2D eigenvalue weighted by Gasteiger charge is -2.18. The lowest BCUT2D eigenvalue weighted by Crippen LogP contribution is -2.26.